The molecule has 1 unspecified atom stereocenters. The van der Waals surface area contributed by atoms with Crippen molar-refractivity contribution in [3.05, 3.63) is 30.3 Å². The number of nitrogens with two attached hydrogens (primary N) is 1. The number of benzene rings is 1. The zero-order valence-electron chi connectivity index (χ0n) is 16.2. The average molecular weight is 389 g/mol. The molecule has 1 saturated heterocycles. The third-order valence-corrected chi connectivity index (χ3v) is 4.53. The summed E-state index contributed by atoms with van der Waals surface area (Å²) >= 11 is 0. The van der Waals surface area contributed by atoms with Crippen molar-refractivity contribution in [3.8, 4) is 17.5 Å². The van der Waals surface area contributed by atoms with Gasteiger partial charge < -0.3 is 30.0 Å². The summed E-state index contributed by atoms with van der Waals surface area (Å²) < 4.78 is 16.0. The van der Waals surface area contributed by atoms with E-state index in [-0.39, 0.29) is 6.61 Å². The Bertz CT molecular complexity index is 728. The maximum absolute atomic E-state index is 10.3. The van der Waals surface area contributed by atoms with Gasteiger partial charge in [-0.3, -0.25) is 4.90 Å². The number of hydrogen-bond donors (Lipinski definition) is 2. The van der Waals surface area contributed by atoms with E-state index < -0.39 is 6.10 Å². The van der Waals surface area contributed by atoms with Crippen molar-refractivity contribution < 1.29 is 19.3 Å². The molecule has 9 nitrogen and oxygen atoms in total. The monoisotopic (exact) mass is 389 g/mol. The summed E-state index contributed by atoms with van der Waals surface area (Å²) in [6, 6.07) is 8.79. The second kappa shape index (κ2) is 9.43. The van der Waals surface area contributed by atoms with Gasteiger partial charge in [-0.25, -0.2) is 0 Å². The number of hydrogen-bond acceptors (Lipinski definition) is 9. The Hall–Kier alpha value is -2.78. The topological polar surface area (TPSA) is 106 Å². The number of β-amino-alcohol motifs (C(OH)–C–C–N with tert-alkyl or cyclic N) is 1. The third kappa shape index (κ3) is 5.37. The van der Waals surface area contributed by atoms with Crippen molar-refractivity contribution >= 4 is 11.6 Å². The molecule has 3 rings (SSSR count). The number of aliphatic hydroxyl groups is 1. The van der Waals surface area contributed by atoms with Crippen LogP contribution in [-0.4, -0.2) is 79.6 Å². The first-order valence-corrected chi connectivity index (χ1v) is 9.18. The van der Waals surface area contributed by atoms with Crippen molar-refractivity contribution in [2.75, 3.05) is 64.2 Å². The minimum atomic E-state index is -0.572. The standard InChI is InChI=1S/C19H27N5O4/c1-26-17-11-18(27-2)22-19(21-17)24-9-7-23(8-10-24)12-15(25)13-28-16-5-3-14(20)4-6-16/h3-6,11,15,25H,7-10,12-13,20H2,1-2H3. The molecule has 1 atom stereocenters. The van der Waals surface area contributed by atoms with Crippen LogP contribution in [0, 0.1) is 0 Å². The van der Waals surface area contributed by atoms with E-state index in [1.807, 2.05) is 0 Å². The molecule has 0 radical (unpaired) electrons. The lowest BCUT2D eigenvalue weighted by Crippen LogP contribution is -2.49. The second-order valence-corrected chi connectivity index (χ2v) is 6.57. The van der Waals surface area contributed by atoms with Crippen LogP contribution in [0.15, 0.2) is 30.3 Å². The largest absolute Gasteiger partial charge is 0.491 e. The maximum atomic E-state index is 10.3. The third-order valence-electron chi connectivity index (χ3n) is 4.53. The summed E-state index contributed by atoms with van der Waals surface area (Å²) in [5.74, 6) is 2.23. The molecule has 9 heteroatoms. The Morgan fingerprint density at radius 3 is 2.21 bits per heavy atom. The Kier molecular flexibility index (Phi) is 6.72. The highest BCUT2D eigenvalue weighted by atomic mass is 16.5. The van der Waals surface area contributed by atoms with Gasteiger partial charge >= 0.3 is 0 Å². The highest BCUT2D eigenvalue weighted by Gasteiger charge is 2.22. The van der Waals surface area contributed by atoms with Gasteiger partial charge in [0, 0.05) is 38.4 Å². The molecule has 152 valence electrons. The number of nitrogens with zero attached hydrogens (tertiary/aromatic N) is 4. The lowest BCUT2D eigenvalue weighted by atomic mass is 10.2. The number of aromatic nitrogens is 2. The molecule has 2 aromatic rings. The highest BCUT2D eigenvalue weighted by molar-refractivity contribution is 5.41. The van der Waals surface area contributed by atoms with Gasteiger partial charge in [0.1, 0.15) is 18.5 Å². The van der Waals surface area contributed by atoms with E-state index in [0.29, 0.717) is 35.7 Å². The van der Waals surface area contributed by atoms with Crippen molar-refractivity contribution in [2.45, 2.75) is 6.10 Å². The minimum absolute atomic E-state index is 0.236. The zero-order chi connectivity index (χ0) is 19.9. The van der Waals surface area contributed by atoms with Crippen LogP contribution in [0.3, 0.4) is 0 Å². The number of rotatable bonds is 8. The average Bonchev–Trinajstić information content (AvgIpc) is 2.73. The van der Waals surface area contributed by atoms with Crippen LogP contribution in [0.4, 0.5) is 11.6 Å². The molecule has 1 aliphatic rings. The molecule has 1 aromatic carbocycles. The van der Waals surface area contributed by atoms with E-state index >= 15 is 0 Å². The van der Waals surface area contributed by atoms with E-state index in [0.717, 1.165) is 26.2 Å². The number of ether oxygens (including phenoxy) is 3. The molecular formula is C19H27N5O4. The highest BCUT2D eigenvalue weighted by Crippen LogP contribution is 2.21. The van der Waals surface area contributed by atoms with Crippen LogP contribution in [0.25, 0.3) is 0 Å². The number of methoxy groups -OCH3 is 2. The van der Waals surface area contributed by atoms with Crippen molar-refractivity contribution in [2.24, 2.45) is 0 Å². The fraction of sp³-hybridized carbons (Fsp3) is 0.474. The lowest BCUT2D eigenvalue weighted by Gasteiger charge is -2.35. The van der Waals surface area contributed by atoms with Gasteiger partial charge in [0.15, 0.2) is 0 Å². The molecule has 0 aliphatic carbocycles. The smallest absolute Gasteiger partial charge is 0.232 e. The van der Waals surface area contributed by atoms with Gasteiger partial charge in [-0.15, -0.1) is 0 Å². The summed E-state index contributed by atoms with van der Waals surface area (Å²) in [6.07, 6.45) is -0.572. The van der Waals surface area contributed by atoms with Crippen LogP contribution < -0.4 is 24.8 Å². The van der Waals surface area contributed by atoms with Crippen LogP contribution in [0.2, 0.25) is 0 Å². The zero-order valence-corrected chi connectivity index (χ0v) is 16.2. The van der Waals surface area contributed by atoms with Gasteiger partial charge in [-0.1, -0.05) is 0 Å². The van der Waals surface area contributed by atoms with Crippen LogP contribution in [0.1, 0.15) is 0 Å². The molecule has 3 N–H and O–H groups in total. The maximum Gasteiger partial charge on any atom is 0.232 e. The number of nitrogen functional groups attached to an aromatic ring is 1. The molecule has 1 fully saturated rings. The van der Waals surface area contributed by atoms with Gasteiger partial charge in [0.05, 0.1) is 20.3 Å². The predicted molar refractivity (Wildman–Crippen MR) is 106 cm³/mol. The summed E-state index contributed by atoms with van der Waals surface area (Å²) in [4.78, 5) is 13.1. The van der Waals surface area contributed by atoms with Gasteiger partial charge in [-0.2, -0.15) is 9.97 Å². The number of anilines is 2. The quantitative estimate of drug-likeness (QED) is 0.629. The van der Waals surface area contributed by atoms with E-state index in [2.05, 4.69) is 19.8 Å². The van der Waals surface area contributed by atoms with E-state index in [9.17, 15) is 5.11 Å². The summed E-state index contributed by atoms with van der Waals surface area (Å²) in [5.41, 5.74) is 6.34. The Balaban J connectivity index is 1.46. The van der Waals surface area contributed by atoms with E-state index in [1.54, 1.807) is 44.6 Å². The molecule has 0 spiro atoms. The molecule has 2 heterocycles. The summed E-state index contributed by atoms with van der Waals surface area (Å²) in [6.45, 7) is 3.87. The van der Waals surface area contributed by atoms with Gasteiger partial charge in [-0.05, 0) is 24.3 Å². The molecular weight excluding hydrogens is 362 g/mol. The van der Waals surface area contributed by atoms with Crippen molar-refractivity contribution in [1.29, 1.82) is 0 Å². The van der Waals surface area contributed by atoms with E-state index in [1.165, 1.54) is 0 Å². The second-order valence-electron chi connectivity index (χ2n) is 6.57. The Morgan fingerprint density at radius 1 is 1.04 bits per heavy atom. The van der Waals surface area contributed by atoms with Crippen molar-refractivity contribution in [3.63, 3.8) is 0 Å². The van der Waals surface area contributed by atoms with Crippen molar-refractivity contribution in [1.82, 2.24) is 14.9 Å². The first-order chi connectivity index (χ1) is 13.6. The first kappa shape index (κ1) is 20.0. The molecule has 0 saturated carbocycles. The van der Waals surface area contributed by atoms with Crippen LogP contribution in [0.5, 0.6) is 17.5 Å². The normalized spacial score (nSPS) is 15.9. The SMILES string of the molecule is COc1cc(OC)nc(N2CCN(CC(O)COc3ccc(N)cc3)CC2)n1. The van der Waals surface area contributed by atoms with Crippen LogP contribution >= 0.6 is 0 Å². The summed E-state index contributed by atoms with van der Waals surface area (Å²) in [5, 5.41) is 10.3. The molecule has 1 aliphatic heterocycles. The number of piperazine rings is 1. The molecule has 0 bridgehead atoms. The van der Waals surface area contributed by atoms with Crippen LogP contribution in [-0.2, 0) is 0 Å². The fourth-order valence-corrected chi connectivity index (χ4v) is 2.98. The lowest BCUT2D eigenvalue weighted by molar-refractivity contribution is 0.0662. The molecule has 0 amide bonds. The van der Waals surface area contributed by atoms with E-state index in [4.69, 9.17) is 19.9 Å². The first-order valence-electron chi connectivity index (χ1n) is 9.18. The molecule has 1 aromatic heterocycles. The minimum Gasteiger partial charge on any atom is -0.491 e. The summed E-state index contributed by atoms with van der Waals surface area (Å²) in [7, 11) is 3.13. The van der Waals surface area contributed by atoms with Gasteiger partial charge in [0.25, 0.3) is 0 Å². The predicted octanol–water partition coefficient (Wildman–Crippen LogP) is 0.638. The Morgan fingerprint density at radius 2 is 1.64 bits per heavy atom. The number of aliphatic hydroxyl groups excluding tert-OH is 1. The fourth-order valence-electron chi connectivity index (χ4n) is 2.98. The molecule has 28 heavy (non-hydrogen) atoms. The van der Waals surface area contributed by atoms with Gasteiger partial charge in [0.2, 0.25) is 17.7 Å². The Labute approximate surface area is 164 Å².